The zero-order chi connectivity index (χ0) is 30.3. The molecular formula is C35H47BN2NaO6. The summed E-state index contributed by atoms with van der Waals surface area (Å²) in [5.74, 6) is -0.698. The summed E-state index contributed by atoms with van der Waals surface area (Å²) < 4.78 is 9.14. The number of nitrogens with two attached hydrogens (primary N) is 1. The Labute approximate surface area is 294 Å². The number of methoxy groups -OCH3 is 2. The third kappa shape index (κ3) is 20.2. The number of aldehydes is 1. The zero-order valence-electron chi connectivity index (χ0n) is 26.2. The van der Waals surface area contributed by atoms with Gasteiger partial charge in [0.05, 0.1) is 25.3 Å². The molecule has 0 unspecified atom stereocenters. The number of hydrogen-bond acceptors (Lipinski definition) is 8. The van der Waals surface area contributed by atoms with Gasteiger partial charge in [0.15, 0.2) is 0 Å². The molecule has 0 saturated carbocycles. The van der Waals surface area contributed by atoms with Crippen LogP contribution in [0.1, 0.15) is 64.0 Å². The molecule has 0 aliphatic heterocycles. The zero-order valence-corrected chi connectivity index (χ0v) is 27.2. The predicted octanol–water partition coefficient (Wildman–Crippen LogP) is 2.81. The Morgan fingerprint density at radius 2 is 1.04 bits per heavy atom. The minimum absolute atomic E-state index is 0. The largest absolute Gasteiger partial charge is 1.00 e. The van der Waals surface area contributed by atoms with Crippen LogP contribution in [0, 0.1) is 0 Å². The molecule has 0 heterocycles. The van der Waals surface area contributed by atoms with Gasteiger partial charge in [-0.05, 0) is 41.0 Å². The number of hydrogen-bond donors (Lipinski definition) is 3. The number of esters is 2. The average Bonchev–Trinajstić information content (AvgIpc) is 3.06. The van der Waals surface area contributed by atoms with Crippen molar-refractivity contribution in [3.05, 3.63) is 143 Å². The van der Waals surface area contributed by atoms with Gasteiger partial charge in [0.2, 0.25) is 0 Å². The fraction of sp³-hybridized carbons (Fsp3) is 0.229. The van der Waals surface area contributed by atoms with Gasteiger partial charge in [0.1, 0.15) is 6.29 Å². The summed E-state index contributed by atoms with van der Waals surface area (Å²) in [6.45, 7) is 2.25. The molecule has 0 bridgehead atoms. The maximum absolute atomic E-state index is 11.3. The van der Waals surface area contributed by atoms with Gasteiger partial charge in [0, 0.05) is 40.7 Å². The Morgan fingerprint density at radius 1 is 0.689 bits per heavy atom. The van der Waals surface area contributed by atoms with E-state index in [0.717, 1.165) is 32.0 Å². The minimum atomic E-state index is -0.396. The maximum Gasteiger partial charge on any atom is 1.00 e. The van der Waals surface area contributed by atoms with Crippen LogP contribution in [0.25, 0.3) is 0 Å². The van der Waals surface area contributed by atoms with Crippen molar-refractivity contribution in [2.24, 2.45) is 5.73 Å². The van der Waals surface area contributed by atoms with Crippen LogP contribution in [0.4, 0.5) is 0 Å². The molecule has 10 heteroatoms. The van der Waals surface area contributed by atoms with Crippen molar-refractivity contribution < 1.29 is 59.9 Å². The third-order valence-corrected chi connectivity index (χ3v) is 5.42. The van der Waals surface area contributed by atoms with E-state index in [1.165, 1.54) is 25.3 Å². The summed E-state index contributed by atoms with van der Waals surface area (Å²) in [5, 5.41) is 10.4. The van der Waals surface area contributed by atoms with E-state index in [9.17, 15) is 14.4 Å². The molecule has 4 aromatic carbocycles. The molecule has 4 rings (SSSR count). The van der Waals surface area contributed by atoms with Gasteiger partial charge in [-0.2, -0.15) is 0 Å². The van der Waals surface area contributed by atoms with E-state index in [4.69, 9.17) is 10.8 Å². The SMILES string of the molecule is C.C.CO.COC(=O)c1ccc(C=O)cc1.COC(=O)c1ccc(CNCc2ccccc2)cc1.NCc1ccccc1.[B].[H-].[Na+]. The predicted molar refractivity (Wildman–Crippen MR) is 181 cm³/mol. The molecule has 0 aliphatic carbocycles. The Balaban J connectivity index is -0.000000181. The second kappa shape index (κ2) is 30.5. The van der Waals surface area contributed by atoms with Crippen molar-refractivity contribution in [3.8, 4) is 0 Å². The van der Waals surface area contributed by atoms with Crippen LogP contribution in [-0.2, 0) is 29.1 Å². The molecule has 0 aromatic heterocycles. The fourth-order valence-corrected chi connectivity index (χ4v) is 3.25. The van der Waals surface area contributed by atoms with E-state index in [-0.39, 0.29) is 60.2 Å². The quantitative estimate of drug-likeness (QED) is 0.155. The van der Waals surface area contributed by atoms with E-state index >= 15 is 0 Å². The van der Waals surface area contributed by atoms with Crippen LogP contribution in [0.5, 0.6) is 0 Å². The van der Waals surface area contributed by atoms with E-state index in [2.05, 4.69) is 26.9 Å². The van der Waals surface area contributed by atoms with Crippen molar-refractivity contribution >= 4 is 26.6 Å². The first-order valence-corrected chi connectivity index (χ1v) is 12.7. The molecule has 0 saturated heterocycles. The molecule has 0 fully saturated rings. The van der Waals surface area contributed by atoms with Crippen LogP contribution in [0.3, 0.4) is 0 Å². The standard InChI is InChI=1S/C16H17NO2.C9H8O3.C7H9N.CH4O.2CH4.B.Na.H/c1-19-16(18)15-9-7-14(8-10-15)12-17-11-13-5-3-2-4-6-13;1-12-9(11)8-4-2-7(6-10)3-5-8;8-6-7-4-2-1-3-5-7;1-2;;;;;/h2-10,17H,11-12H2,1H3;2-6H,1H3;1-5H,6,8H2;2H,1H3;2*1H4;;;/q;;;;;;;+1;-1. The molecule has 0 amide bonds. The topological polar surface area (TPSA) is 128 Å². The first-order valence-electron chi connectivity index (χ1n) is 12.7. The number of carbonyl (C=O) groups is 3. The minimum Gasteiger partial charge on any atom is -1.00 e. The molecule has 237 valence electrons. The Hall–Kier alpha value is -3.57. The van der Waals surface area contributed by atoms with Gasteiger partial charge in [-0.25, -0.2) is 9.59 Å². The summed E-state index contributed by atoms with van der Waals surface area (Å²) in [5.41, 5.74) is 10.5. The van der Waals surface area contributed by atoms with Gasteiger partial charge in [-0.3, -0.25) is 4.79 Å². The van der Waals surface area contributed by atoms with Gasteiger partial charge in [-0.15, -0.1) is 0 Å². The summed E-state index contributed by atoms with van der Waals surface area (Å²) in [6, 6.07) is 33.9. The fourth-order valence-electron chi connectivity index (χ4n) is 3.25. The van der Waals surface area contributed by atoms with E-state index in [1.54, 1.807) is 36.4 Å². The number of ether oxygens (including phenoxy) is 2. The number of rotatable bonds is 8. The summed E-state index contributed by atoms with van der Waals surface area (Å²) in [6.07, 6.45) is 0.723. The van der Waals surface area contributed by atoms with Crippen molar-refractivity contribution in [1.82, 2.24) is 5.32 Å². The molecule has 0 aliphatic rings. The number of aliphatic hydroxyl groups is 1. The molecule has 8 nitrogen and oxygen atoms in total. The Morgan fingerprint density at radius 3 is 1.38 bits per heavy atom. The van der Waals surface area contributed by atoms with Gasteiger partial charge in [-0.1, -0.05) is 99.8 Å². The average molecular weight is 626 g/mol. The molecule has 45 heavy (non-hydrogen) atoms. The van der Waals surface area contributed by atoms with E-state index < -0.39 is 5.97 Å². The van der Waals surface area contributed by atoms with Gasteiger partial charge in [0.25, 0.3) is 0 Å². The first-order chi connectivity index (χ1) is 20.0. The van der Waals surface area contributed by atoms with Crippen molar-refractivity contribution in [3.63, 3.8) is 0 Å². The monoisotopic (exact) mass is 625 g/mol. The summed E-state index contributed by atoms with van der Waals surface area (Å²) >= 11 is 0. The van der Waals surface area contributed by atoms with Gasteiger partial charge < -0.3 is 27.1 Å². The molecule has 0 atom stereocenters. The number of carbonyl (C=O) groups excluding carboxylic acids is 3. The van der Waals surface area contributed by atoms with E-state index in [1.807, 2.05) is 60.7 Å². The molecular weight excluding hydrogens is 578 g/mol. The maximum atomic E-state index is 11.3. The first kappa shape index (κ1) is 48.3. The molecule has 4 aromatic rings. The van der Waals surface area contributed by atoms with Crippen LogP contribution in [0.2, 0.25) is 0 Å². The van der Waals surface area contributed by atoms with Crippen molar-refractivity contribution in [2.75, 3.05) is 21.3 Å². The van der Waals surface area contributed by atoms with E-state index in [0.29, 0.717) is 23.2 Å². The van der Waals surface area contributed by atoms with Gasteiger partial charge >= 0.3 is 41.5 Å². The Bertz CT molecular complexity index is 1280. The smallest absolute Gasteiger partial charge is 1.00 e. The third-order valence-electron chi connectivity index (χ3n) is 5.42. The van der Waals surface area contributed by atoms with Crippen LogP contribution in [0.15, 0.2) is 109 Å². The van der Waals surface area contributed by atoms with Crippen LogP contribution < -0.4 is 40.6 Å². The summed E-state index contributed by atoms with van der Waals surface area (Å²) in [4.78, 5) is 32.4. The molecule has 3 radical (unpaired) electrons. The normalized spacial score (nSPS) is 8.47. The second-order valence-corrected chi connectivity index (χ2v) is 8.20. The number of nitrogens with one attached hydrogen (secondary N) is 1. The van der Waals surface area contributed by atoms with Crippen molar-refractivity contribution in [1.29, 1.82) is 0 Å². The summed E-state index contributed by atoms with van der Waals surface area (Å²) in [7, 11) is 3.70. The number of benzene rings is 4. The van der Waals surface area contributed by atoms with Crippen LogP contribution in [-0.4, -0.2) is 53.1 Å². The van der Waals surface area contributed by atoms with Crippen molar-refractivity contribution in [2.45, 2.75) is 34.5 Å². The Kier molecular flexibility index (Phi) is 32.7. The van der Waals surface area contributed by atoms with Crippen LogP contribution >= 0.6 is 0 Å². The number of aliphatic hydroxyl groups excluding tert-OH is 1. The molecule has 0 spiro atoms. The second-order valence-electron chi connectivity index (χ2n) is 8.20. The molecule has 4 N–H and O–H groups in total.